The maximum absolute atomic E-state index is 13.3. The lowest BCUT2D eigenvalue weighted by atomic mass is 9.78. The van der Waals surface area contributed by atoms with E-state index in [0.29, 0.717) is 5.91 Å². The molecule has 1 amide bonds. The Morgan fingerprint density at radius 2 is 2.16 bits per heavy atom. The van der Waals surface area contributed by atoms with Gasteiger partial charge in [0.15, 0.2) is 0 Å². The second-order valence-electron chi connectivity index (χ2n) is 7.60. The quantitative estimate of drug-likeness (QED) is 0.933. The van der Waals surface area contributed by atoms with Crippen LogP contribution in [0.4, 0.5) is 0 Å². The molecule has 1 aromatic carbocycles. The normalized spacial score (nSPS) is 24.4. The highest BCUT2D eigenvalue weighted by atomic mass is 16.2. The van der Waals surface area contributed by atoms with E-state index in [2.05, 4.69) is 51.0 Å². The van der Waals surface area contributed by atoms with Crippen LogP contribution in [0.2, 0.25) is 0 Å². The Bertz CT molecular complexity index is 742. The third-order valence-corrected chi connectivity index (χ3v) is 5.64. The van der Waals surface area contributed by atoms with Gasteiger partial charge in [0.25, 0.3) is 0 Å². The standard InChI is InChI=1S/C20H26N4O/c1-16-4-2-5-17(12-16)13-24-10-3-6-20(19(24)25)7-11-23(15-20)14-18-21-8-9-22-18/h2,4-5,8-9,12H,3,6-7,10-11,13-15H2,1H3,(H,21,22)/t20-/m1/s1. The molecule has 1 atom stereocenters. The number of piperidine rings is 1. The maximum atomic E-state index is 13.3. The van der Waals surface area contributed by atoms with Gasteiger partial charge in [0, 0.05) is 32.0 Å². The Morgan fingerprint density at radius 3 is 2.96 bits per heavy atom. The number of imidazole rings is 1. The first-order chi connectivity index (χ1) is 12.1. The number of H-pyrrole nitrogens is 1. The first-order valence-corrected chi connectivity index (χ1v) is 9.20. The average Bonchev–Trinajstić information content (AvgIpc) is 3.24. The molecule has 1 N–H and O–H groups in total. The summed E-state index contributed by atoms with van der Waals surface area (Å²) in [6.45, 7) is 6.36. The number of aromatic nitrogens is 2. The summed E-state index contributed by atoms with van der Waals surface area (Å²) in [4.78, 5) is 25.2. The maximum Gasteiger partial charge on any atom is 0.230 e. The molecule has 2 aromatic rings. The number of likely N-dealkylation sites (tertiary alicyclic amines) is 2. The van der Waals surface area contributed by atoms with Crippen molar-refractivity contribution in [2.75, 3.05) is 19.6 Å². The average molecular weight is 338 g/mol. The number of carbonyl (C=O) groups is 1. The van der Waals surface area contributed by atoms with Crippen molar-refractivity contribution in [1.29, 1.82) is 0 Å². The number of benzene rings is 1. The fraction of sp³-hybridized carbons (Fsp3) is 0.500. The van der Waals surface area contributed by atoms with Gasteiger partial charge in [-0.15, -0.1) is 0 Å². The van der Waals surface area contributed by atoms with Crippen LogP contribution in [0.15, 0.2) is 36.7 Å². The second kappa shape index (κ2) is 6.64. The molecule has 2 aliphatic rings. The summed E-state index contributed by atoms with van der Waals surface area (Å²) in [5.74, 6) is 1.33. The summed E-state index contributed by atoms with van der Waals surface area (Å²) in [7, 11) is 0. The van der Waals surface area contributed by atoms with Crippen LogP contribution in [0.5, 0.6) is 0 Å². The highest BCUT2D eigenvalue weighted by molar-refractivity contribution is 5.84. The zero-order valence-electron chi connectivity index (χ0n) is 14.9. The van der Waals surface area contributed by atoms with Crippen molar-refractivity contribution in [3.8, 4) is 0 Å². The predicted octanol–water partition coefficient (Wildman–Crippen LogP) is 2.73. The number of nitrogens with one attached hydrogen (secondary N) is 1. The Hall–Kier alpha value is -2.14. The molecular formula is C20H26N4O. The van der Waals surface area contributed by atoms with Crippen LogP contribution >= 0.6 is 0 Å². The highest BCUT2D eigenvalue weighted by Gasteiger charge is 2.48. The van der Waals surface area contributed by atoms with Crippen LogP contribution in [-0.4, -0.2) is 45.3 Å². The first kappa shape index (κ1) is 16.3. The van der Waals surface area contributed by atoms with Crippen molar-refractivity contribution in [2.24, 2.45) is 5.41 Å². The van der Waals surface area contributed by atoms with Crippen LogP contribution in [0.3, 0.4) is 0 Å². The van der Waals surface area contributed by atoms with Crippen molar-refractivity contribution < 1.29 is 4.79 Å². The molecule has 5 heteroatoms. The van der Waals surface area contributed by atoms with E-state index in [1.54, 1.807) is 6.20 Å². The van der Waals surface area contributed by atoms with Crippen molar-refractivity contribution >= 4 is 5.91 Å². The van der Waals surface area contributed by atoms with Gasteiger partial charge >= 0.3 is 0 Å². The molecule has 2 fully saturated rings. The Balaban J connectivity index is 1.44. The van der Waals surface area contributed by atoms with Gasteiger partial charge in [-0.25, -0.2) is 4.98 Å². The third-order valence-electron chi connectivity index (χ3n) is 5.64. The van der Waals surface area contributed by atoms with Crippen LogP contribution in [0.25, 0.3) is 0 Å². The minimum atomic E-state index is -0.186. The van der Waals surface area contributed by atoms with E-state index in [-0.39, 0.29) is 5.41 Å². The SMILES string of the molecule is Cc1cccc(CN2CCC[C@]3(CCN(Cc4ncc[nH]4)C3)C2=O)c1. The molecule has 4 rings (SSSR count). The van der Waals surface area contributed by atoms with E-state index in [0.717, 1.165) is 57.8 Å². The minimum absolute atomic E-state index is 0.186. The Morgan fingerprint density at radius 1 is 1.24 bits per heavy atom. The van der Waals surface area contributed by atoms with E-state index >= 15 is 0 Å². The van der Waals surface area contributed by atoms with Gasteiger partial charge < -0.3 is 9.88 Å². The molecule has 132 valence electrons. The summed E-state index contributed by atoms with van der Waals surface area (Å²) >= 11 is 0. The molecule has 2 aliphatic heterocycles. The number of rotatable bonds is 4. The van der Waals surface area contributed by atoms with Gasteiger partial charge in [-0.05, 0) is 38.3 Å². The van der Waals surface area contributed by atoms with Crippen LogP contribution in [-0.2, 0) is 17.9 Å². The molecule has 5 nitrogen and oxygen atoms in total. The van der Waals surface area contributed by atoms with Crippen molar-refractivity contribution in [1.82, 2.24) is 19.8 Å². The van der Waals surface area contributed by atoms with Crippen molar-refractivity contribution in [2.45, 2.75) is 39.3 Å². The molecule has 2 saturated heterocycles. The number of hydrogen-bond donors (Lipinski definition) is 1. The van der Waals surface area contributed by atoms with Gasteiger partial charge in [-0.3, -0.25) is 9.69 Å². The van der Waals surface area contributed by atoms with E-state index in [9.17, 15) is 4.79 Å². The predicted molar refractivity (Wildman–Crippen MR) is 96.7 cm³/mol. The second-order valence-corrected chi connectivity index (χ2v) is 7.60. The molecule has 1 spiro atoms. The van der Waals surface area contributed by atoms with E-state index in [4.69, 9.17) is 0 Å². The fourth-order valence-electron chi connectivity index (χ4n) is 4.40. The first-order valence-electron chi connectivity index (χ1n) is 9.20. The number of hydrogen-bond acceptors (Lipinski definition) is 3. The Kier molecular flexibility index (Phi) is 4.34. The topological polar surface area (TPSA) is 52.2 Å². The van der Waals surface area contributed by atoms with E-state index in [1.165, 1.54) is 11.1 Å². The summed E-state index contributed by atoms with van der Waals surface area (Å²) < 4.78 is 0. The monoisotopic (exact) mass is 338 g/mol. The van der Waals surface area contributed by atoms with E-state index < -0.39 is 0 Å². The Labute approximate surface area is 149 Å². The smallest absolute Gasteiger partial charge is 0.230 e. The number of carbonyl (C=O) groups excluding carboxylic acids is 1. The van der Waals surface area contributed by atoms with E-state index in [1.807, 2.05) is 6.20 Å². The molecule has 0 bridgehead atoms. The minimum Gasteiger partial charge on any atom is -0.348 e. The van der Waals surface area contributed by atoms with Crippen molar-refractivity contribution in [3.05, 3.63) is 53.6 Å². The lowest BCUT2D eigenvalue weighted by molar-refractivity contribution is -0.146. The lowest BCUT2D eigenvalue weighted by Crippen LogP contribution is -2.49. The van der Waals surface area contributed by atoms with Gasteiger partial charge in [0.2, 0.25) is 5.91 Å². The summed E-state index contributed by atoms with van der Waals surface area (Å²) in [6, 6.07) is 8.49. The van der Waals surface area contributed by atoms with Gasteiger partial charge in [-0.1, -0.05) is 29.8 Å². The third kappa shape index (κ3) is 3.33. The lowest BCUT2D eigenvalue weighted by Gasteiger charge is -2.39. The number of nitrogens with zero attached hydrogens (tertiary/aromatic N) is 3. The molecule has 0 unspecified atom stereocenters. The summed E-state index contributed by atoms with van der Waals surface area (Å²) in [5.41, 5.74) is 2.30. The summed E-state index contributed by atoms with van der Waals surface area (Å²) in [6.07, 6.45) is 6.74. The largest absolute Gasteiger partial charge is 0.348 e. The zero-order valence-corrected chi connectivity index (χ0v) is 14.9. The highest BCUT2D eigenvalue weighted by Crippen LogP contribution is 2.40. The van der Waals surface area contributed by atoms with Crippen LogP contribution < -0.4 is 0 Å². The zero-order chi connectivity index (χ0) is 17.3. The van der Waals surface area contributed by atoms with Crippen molar-refractivity contribution in [3.63, 3.8) is 0 Å². The molecule has 0 aliphatic carbocycles. The molecular weight excluding hydrogens is 312 g/mol. The number of amides is 1. The molecule has 1 aromatic heterocycles. The van der Waals surface area contributed by atoms with Crippen LogP contribution in [0.1, 0.15) is 36.2 Å². The number of aromatic amines is 1. The molecule has 0 saturated carbocycles. The van der Waals surface area contributed by atoms with Gasteiger partial charge in [0.1, 0.15) is 5.82 Å². The van der Waals surface area contributed by atoms with Crippen LogP contribution in [0, 0.1) is 12.3 Å². The van der Waals surface area contributed by atoms with Gasteiger partial charge in [-0.2, -0.15) is 0 Å². The molecule has 25 heavy (non-hydrogen) atoms. The molecule has 0 radical (unpaired) electrons. The summed E-state index contributed by atoms with van der Waals surface area (Å²) in [5, 5.41) is 0. The fourth-order valence-corrected chi connectivity index (χ4v) is 4.40. The number of aryl methyl sites for hydroxylation is 1. The van der Waals surface area contributed by atoms with Gasteiger partial charge in [0.05, 0.1) is 12.0 Å². The molecule has 3 heterocycles.